The third-order valence-electron chi connectivity index (χ3n) is 4.81. The maximum absolute atomic E-state index is 5.98. The lowest BCUT2D eigenvalue weighted by Gasteiger charge is -2.14. The molecule has 1 fully saturated rings. The van der Waals surface area contributed by atoms with Crippen LogP contribution in [-0.2, 0) is 20.0 Å². The molecule has 1 aromatic carbocycles. The summed E-state index contributed by atoms with van der Waals surface area (Å²) in [7, 11) is 3.66. The molecule has 1 aliphatic rings. The zero-order valence-electron chi connectivity index (χ0n) is 14.2. The van der Waals surface area contributed by atoms with E-state index in [-0.39, 0.29) is 0 Å². The molecule has 0 spiro atoms. The summed E-state index contributed by atoms with van der Waals surface area (Å²) in [6.45, 7) is 3.13. The van der Waals surface area contributed by atoms with Crippen molar-refractivity contribution in [3.63, 3.8) is 0 Å². The number of hydrogen-bond donors (Lipinski definition) is 0. The molecule has 126 valence electrons. The lowest BCUT2D eigenvalue weighted by molar-refractivity contribution is 0.290. The summed E-state index contributed by atoms with van der Waals surface area (Å²) in [5.74, 6) is 2.60. The molecule has 5 heteroatoms. The number of rotatable bonds is 5. The van der Waals surface area contributed by atoms with E-state index in [9.17, 15) is 0 Å². The molecule has 5 nitrogen and oxygen atoms in total. The van der Waals surface area contributed by atoms with Crippen LogP contribution in [0.3, 0.4) is 0 Å². The normalized spacial score (nSPS) is 18.5. The first-order valence-electron chi connectivity index (χ1n) is 8.46. The average molecular weight is 325 g/mol. The highest BCUT2D eigenvalue weighted by Crippen LogP contribution is 2.27. The Labute approximate surface area is 141 Å². The van der Waals surface area contributed by atoms with Crippen molar-refractivity contribution < 1.29 is 9.15 Å². The van der Waals surface area contributed by atoms with Gasteiger partial charge in [-0.1, -0.05) is 0 Å². The Morgan fingerprint density at radius 3 is 3.04 bits per heavy atom. The number of aryl methyl sites for hydroxylation is 1. The van der Waals surface area contributed by atoms with Gasteiger partial charge in [0.05, 0.1) is 19.9 Å². The van der Waals surface area contributed by atoms with Gasteiger partial charge in [-0.2, -0.15) is 5.10 Å². The van der Waals surface area contributed by atoms with Gasteiger partial charge in [0.15, 0.2) is 0 Å². The molecule has 2 aromatic heterocycles. The van der Waals surface area contributed by atoms with Gasteiger partial charge in [-0.3, -0.25) is 9.58 Å². The summed E-state index contributed by atoms with van der Waals surface area (Å²) in [5.41, 5.74) is 2.26. The fraction of sp³-hybridized carbons (Fsp3) is 0.421. The highest BCUT2D eigenvalue weighted by molar-refractivity contribution is 5.79. The molecule has 1 saturated heterocycles. The largest absolute Gasteiger partial charge is 0.497 e. The van der Waals surface area contributed by atoms with E-state index in [1.807, 2.05) is 36.1 Å². The smallest absolute Gasteiger partial charge is 0.134 e. The molecule has 0 N–H and O–H groups in total. The molecule has 0 aliphatic carbocycles. The maximum Gasteiger partial charge on any atom is 0.134 e. The minimum absolute atomic E-state index is 0.707. The van der Waals surface area contributed by atoms with E-state index < -0.39 is 0 Å². The number of benzene rings is 1. The Hall–Kier alpha value is -2.27. The Morgan fingerprint density at radius 1 is 1.33 bits per heavy atom. The van der Waals surface area contributed by atoms with Gasteiger partial charge < -0.3 is 9.15 Å². The van der Waals surface area contributed by atoms with E-state index in [2.05, 4.69) is 22.3 Å². The second kappa shape index (κ2) is 6.32. The van der Waals surface area contributed by atoms with Crippen LogP contribution in [0, 0.1) is 5.92 Å². The third kappa shape index (κ3) is 3.17. The van der Waals surface area contributed by atoms with Crippen LogP contribution in [0.15, 0.2) is 41.1 Å². The van der Waals surface area contributed by atoms with Crippen LogP contribution < -0.4 is 4.74 Å². The molecule has 3 heterocycles. The van der Waals surface area contributed by atoms with Crippen molar-refractivity contribution >= 4 is 11.0 Å². The fourth-order valence-corrected chi connectivity index (χ4v) is 3.64. The van der Waals surface area contributed by atoms with Crippen LogP contribution in [0.2, 0.25) is 0 Å². The fourth-order valence-electron chi connectivity index (χ4n) is 3.64. The van der Waals surface area contributed by atoms with Crippen LogP contribution >= 0.6 is 0 Å². The van der Waals surface area contributed by atoms with E-state index in [0.29, 0.717) is 5.92 Å². The Morgan fingerprint density at radius 2 is 2.25 bits per heavy atom. The van der Waals surface area contributed by atoms with Crippen molar-refractivity contribution in [3.05, 3.63) is 48.0 Å². The monoisotopic (exact) mass is 325 g/mol. The standard InChI is InChI=1S/C19H23N3O2/c1-21-11-15(10-20-21)7-14-5-6-22(12-14)13-18-9-16-8-17(23-2)3-4-19(16)24-18/h3-4,8-11,14H,5-7,12-13H2,1-2H3. The van der Waals surface area contributed by atoms with E-state index in [1.165, 1.54) is 12.0 Å². The van der Waals surface area contributed by atoms with Gasteiger partial charge >= 0.3 is 0 Å². The van der Waals surface area contributed by atoms with Crippen LogP contribution in [0.1, 0.15) is 17.7 Å². The molecule has 0 saturated carbocycles. The number of ether oxygens (including phenoxy) is 1. The number of likely N-dealkylation sites (tertiary alicyclic amines) is 1. The lowest BCUT2D eigenvalue weighted by atomic mass is 10.0. The quantitative estimate of drug-likeness (QED) is 0.722. The minimum atomic E-state index is 0.707. The maximum atomic E-state index is 5.98. The third-order valence-corrected chi connectivity index (χ3v) is 4.81. The predicted molar refractivity (Wildman–Crippen MR) is 93.1 cm³/mol. The number of hydrogen-bond acceptors (Lipinski definition) is 4. The highest BCUT2D eigenvalue weighted by Gasteiger charge is 2.24. The van der Waals surface area contributed by atoms with Gasteiger partial charge in [-0.15, -0.1) is 0 Å². The van der Waals surface area contributed by atoms with Crippen LogP contribution in [-0.4, -0.2) is 34.9 Å². The summed E-state index contributed by atoms with van der Waals surface area (Å²) < 4.78 is 13.1. The Bertz CT molecular complexity index is 836. The highest BCUT2D eigenvalue weighted by atomic mass is 16.5. The molecule has 0 radical (unpaired) electrons. The van der Waals surface area contributed by atoms with Gasteiger partial charge in [0.1, 0.15) is 17.1 Å². The zero-order chi connectivity index (χ0) is 16.5. The van der Waals surface area contributed by atoms with Crippen LogP contribution in [0.5, 0.6) is 5.75 Å². The number of aromatic nitrogens is 2. The molecule has 1 unspecified atom stereocenters. The number of fused-ring (bicyclic) bond motifs is 1. The molecule has 0 amide bonds. The van der Waals surface area contributed by atoms with Crippen molar-refractivity contribution in [2.24, 2.45) is 13.0 Å². The van der Waals surface area contributed by atoms with Crippen molar-refractivity contribution in [1.29, 1.82) is 0 Å². The first-order chi connectivity index (χ1) is 11.7. The minimum Gasteiger partial charge on any atom is -0.497 e. The van der Waals surface area contributed by atoms with E-state index in [4.69, 9.17) is 9.15 Å². The van der Waals surface area contributed by atoms with Crippen LogP contribution in [0.4, 0.5) is 0 Å². The van der Waals surface area contributed by atoms with Crippen molar-refractivity contribution in [2.45, 2.75) is 19.4 Å². The first kappa shape index (κ1) is 15.3. The van der Waals surface area contributed by atoms with Crippen molar-refractivity contribution in [1.82, 2.24) is 14.7 Å². The second-order valence-electron chi connectivity index (χ2n) is 6.73. The second-order valence-corrected chi connectivity index (χ2v) is 6.73. The Balaban J connectivity index is 1.39. The van der Waals surface area contributed by atoms with Gasteiger partial charge in [0.25, 0.3) is 0 Å². The summed E-state index contributed by atoms with van der Waals surface area (Å²) in [5, 5.41) is 5.37. The average Bonchev–Trinajstić information content (AvgIpc) is 3.27. The predicted octanol–water partition coefficient (Wildman–Crippen LogP) is 3.24. The molecule has 0 bridgehead atoms. The topological polar surface area (TPSA) is 43.4 Å². The van der Waals surface area contributed by atoms with Crippen LogP contribution in [0.25, 0.3) is 11.0 Å². The van der Waals surface area contributed by atoms with E-state index in [0.717, 1.165) is 48.5 Å². The molecule has 1 aliphatic heterocycles. The van der Waals surface area contributed by atoms with E-state index in [1.54, 1.807) is 7.11 Å². The van der Waals surface area contributed by atoms with Gasteiger partial charge in [0, 0.05) is 25.2 Å². The lowest BCUT2D eigenvalue weighted by Crippen LogP contribution is -2.20. The molecular formula is C19H23N3O2. The number of methoxy groups -OCH3 is 1. The summed E-state index contributed by atoms with van der Waals surface area (Å²) >= 11 is 0. The number of nitrogens with zero attached hydrogens (tertiary/aromatic N) is 3. The van der Waals surface area contributed by atoms with Gasteiger partial charge in [-0.25, -0.2) is 0 Å². The molecule has 4 rings (SSSR count). The van der Waals surface area contributed by atoms with Gasteiger partial charge in [-0.05, 0) is 55.1 Å². The summed E-state index contributed by atoms with van der Waals surface area (Å²) in [6.07, 6.45) is 6.45. The molecule has 24 heavy (non-hydrogen) atoms. The molecular weight excluding hydrogens is 302 g/mol. The summed E-state index contributed by atoms with van der Waals surface area (Å²) in [4.78, 5) is 2.48. The summed E-state index contributed by atoms with van der Waals surface area (Å²) in [6, 6.07) is 8.08. The van der Waals surface area contributed by atoms with Crippen molar-refractivity contribution in [3.8, 4) is 5.75 Å². The van der Waals surface area contributed by atoms with Crippen molar-refractivity contribution in [2.75, 3.05) is 20.2 Å². The number of furan rings is 1. The molecule has 3 aromatic rings. The molecule has 1 atom stereocenters. The first-order valence-corrected chi connectivity index (χ1v) is 8.46. The van der Waals surface area contributed by atoms with Gasteiger partial charge in [0.2, 0.25) is 0 Å². The SMILES string of the molecule is COc1ccc2oc(CN3CCC(Cc4cnn(C)c4)C3)cc2c1. The zero-order valence-corrected chi connectivity index (χ0v) is 14.2. The Kier molecular flexibility index (Phi) is 4.02. The van der Waals surface area contributed by atoms with E-state index >= 15 is 0 Å².